The fraction of sp³-hybridized carbons (Fsp3) is 0.500. The molecule has 0 amide bonds. The summed E-state index contributed by atoms with van der Waals surface area (Å²) in [5.41, 5.74) is 1.01. The molecular weight excluding hydrogens is 246 g/mol. The minimum absolute atomic E-state index is 0.217. The number of nitrogens with one attached hydrogen (secondary N) is 1. The van der Waals surface area contributed by atoms with Crippen molar-refractivity contribution in [3.05, 3.63) is 23.8 Å². The third-order valence-corrected chi connectivity index (χ3v) is 2.63. The molecule has 1 rings (SSSR count). The van der Waals surface area contributed by atoms with Crippen molar-refractivity contribution in [2.24, 2.45) is 0 Å². The molecule has 0 saturated carbocycles. The van der Waals surface area contributed by atoms with Crippen molar-refractivity contribution in [1.29, 1.82) is 0 Å². The van der Waals surface area contributed by atoms with Gasteiger partial charge in [0.1, 0.15) is 0 Å². The molecule has 5 nitrogen and oxygen atoms in total. The normalized spacial score (nSPS) is 10.1. The predicted molar refractivity (Wildman–Crippen MR) is 72.5 cm³/mol. The summed E-state index contributed by atoms with van der Waals surface area (Å²) >= 11 is 0. The van der Waals surface area contributed by atoms with Gasteiger partial charge in [-0.2, -0.15) is 0 Å². The van der Waals surface area contributed by atoms with Crippen LogP contribution >= 0.6 is 0 Å². The Morgan fingerprint density at radius 1 is 1.32 bits per heavy atom. The van der Waals surface area contributed by atoms with Crippen molar-refractivity contribution in [3.63, 3.8) is 0 Å². The molecule has 5 heteroatoms. The molecule has 0 atom stereocenters. The van der Waals surface area contributed by atoms with E-state index < -0.39 is 0 Å². The van der Waals surface area contributed by atoms with Crippen LogP contribution in [0.25, 0.3) is 0 Å². The number of benzene rings is 1. The Bertz CT molecular complexity index is 406. The van der Waals surface area contributed by atoms with E-state index in [9.17, 15) is 4.79 Å². The highest BCUT2D eigenvalue weighted by atomic mass is 16.5. The molecule has 0 heterocycles. The van der Waals surface area contributed by atoms with E-state index in [-0.39, 0.29) is 19.0 Å². The van der Waals surface area contributed by atoms with Gasteiger partial charge in [0.05, 0.1) is 27.2 Å². The van der Waals surface area contributed by atoms with E-state index in [2.05, 4.69) is 10.1 Å². The van der Waals surface area contributed by atoms with Crippen molar-refractivity contribution in [2.75, 3.05) is 27.4 Å². The Kier molecular flexibility index (Phi) is 6.74. The van der Waals surface area contributed by atoms with E-state index in [1.807, 2.05) is 25.1 Å². The Morgan fingerprint density at radius 2 is 2.11 bits per heavy atom. The van der Waals surface area contributed by atoms with Crippen LogP contribution < -0.4 is 14.8 Å². The standard InChI is InChI=1S/C14H21NO4/c1-4-15-10-11-6-5-7-12(17-2)14(11)19-9-8-13(16)18-3/h5-7,15H,4,8-10H2,1-3H3. The third kappa shape index (κ3) is 4.79. The van der Waals surface area contributed by atoms with Gasteiger partial charge in [-0.25, -0.2) is 0 Å². The minimum atomic E-state index is -0.289. The topological polar surface area (TPSA) is 56.8 Å². The predicted octanol–water partition coefficient (Wildman–Crippen LogP) is 1.75. The number of hydrogen-bond acceptors (Lipinski definition) is 5. The van der Waals surface area contributed by atoms with E-state index in [0.29, 0.717) is 18.0 Å². The molecule has 1 N–H and O–H groups in total. The van der Waals surface area contributed by atoms with Crippen LogP contribution in [0, 0.1) is 0 Å². The highest BCUT2D eigenvalue weighted by Crippen LogP contribution is 2.31. The molecule has 0 aliphatic heterocycles. The van der Waals surface area contributed by atoms with Crippen LogP contribution in [0.4, 0.5) is 0 Å². The molecule has 0 saturated heterocycles. The smallest absolute Gasteiger partial charge is 0.308 e. The van der Waals surface area contributed by atoms with Crippen LogP contribution in [0.3, 0.4) is 0 Å². The number of rotatable bonds is 8. The maximum Gasteiger partial charge on any atom is 0.308 e. The fourth-order valence-electron chi connectivity index (χ4n) is 1.62. The van der Waals surface area contributed by atoms with Gasteiger partial charge in [-0.1, -0.05) is 19.1 Å². The maximum absolute atomic E-state index is 11.1. The number of esters is 1. The summed E-state index contributed by atoms with van der Waals surface area (Å²) < 4.78 is 15.5. The lowest BCUT2D eigenvalue weighted by Gasteiger charge is -2.15. The summed E-state index contributed by atoms with van der Waals surface area (Å²) in [7, 11) is 2.96. The van der Waals surface area contributed by atoms with Gasteiger partial charge >= 0.3 is 5.97 Å². The number of carbonyl (C=O) groups is 1. The zero-order valence-corrected chi connectivity index (χ0v) is 11.7. The quantitative estimate of drug-likeness (QED) is 0.727. The molecule has 0 aromatic heterocycles. The summed E-state index contributed by atoms with van der Waals surface area (Å²) in [6, 6.07) is 5.72. The molecule has 19 heavy (non-hydrogen) atoms. The summed E-state index contributed by atoms with van der Waals surface area (Å²) in [6.07, 6.45) is 0.217. The molecular formula is C14H21NO4. The molecule has 0 fully saturated rings. The van der Waals surface area contributed by atoms with Gasteiger partial charge in [-0.05, 0) is 12.6 Å². The second-order valence-corrected chi connectivity index (χ2v) is 3.90. The number of para-hydroxylation sites is 1. The molecule has 0 bridgehead atoms. The van der Waals surface area contributed by atoms with Gasteiger partial charge in [0.2, 0.25) is 0 Å². The second kappa shape index (κ2) is 8.37. The van der Waals surface area contributed by atoms with Crippen molar-refractivity contribution < 1.29 is 19.0 Å². The molecule has 0 aliphatic rings. The highest BCUT2D eigenvalue weighted by Gasteiger charge is 2.11. The molecule has 1 aromatic carbocycles. The van der Waals surface area contributed by atoms with E-state index in [4.69, 9.17) is 9.47 Å². The lowest BCUT2D eigenvalue weighted by molar-refractivity contribution is -0.141. The van der Waals surface area contributed by atoms with Gasteiger partial charge in [-0.15, -0.1) is 0 Å². The van der Waals surface area contributed by atoms with E-state index in [0.717, 1.165) is 12.1 Å². The zero-order chi connectivity index (χ0) is 14.1. The largest absolute Gasteiger partial charge is 0.493 e. The molecule has 0 unspecified atom stereocenters. The number of carbonyl (C=O) groups excluding carboxylic acids is 1. The van der Waals surface area contributed by atoms with Crippen molar-refractivity contribution in [1.82, 2.24) is 5.32 Å². The number of hydrogen-bond donors (Lipinski definition) is 1. The van der Waals surface area contributed by atoms with Crippen molar-refractivity contribution in [3.8, 4) is 11.5 Å². The Morgan fingerprint density at radius 3 is 2.74 bits per heavy atom. The molecule has 0 radical (unpaired) electrons. The highest BCUT2D eigenvalue weighted by molar-refractivity contribution is 5.69. The van der Waals surface area contributed by atoms with Gasteiger partial charge in [-0.3, -0.25) is 4.79 Å². The minimum Gasteiger partial charge on any atom is -0.493 e. The maximum atomic E-state index is 11.1. The summed E-state index contributed by atoms with van der Waals surface area (Å²) in [5, 5.41) is 3.24. The fourth-order valence-corrected chi connectivity index (χ4v) is 1.62. The number of methoxy groups -OCH3 is 2. The summed E-state index contributed by atoms with van der Waals surface area (Å²) in [4.78, 5) is 11.1. The Balaban J connectivity index is 2.73. The van der Waals surface area contributed by atoms with Gasteiger partial charge in [0.15, 0.2) is 11.5 Å². The molecule has 0 spiro atoms. The van der Waals surface area contributed by atoms with E-state index in [1.165, 1.54) is 7.11 Å². The van der Waals surface area contributed by atoms with Gasteiger partial charge in [0, 0.05) is 12.1 Å². The molecule has 106 valence electrons. The van der Waals surface area contributed by atoms with E-state index >= 15 is 0 Å². The third-order valence-electron chi connectivity index (χ3n) is 2.63. The second-order valence-electron chi connectivity index (χ2n) is 3.90. The first kappa shape index (κ1) is 15.3. The first-order valence-corrected chi connectivity index (χ1v) is 6.29. The lowest BCUT2D eigenvalue weighted by Crippen LogP contribution is -2.14. The average molecular weight is 267 g/mol. The summed E-state index contributed by atoms with van der Waals surface area (Å²) in [6.45, 7) is 3.88. The van der Waals surface area contributed by atoms with Crippen LogP contribution in [-0.4, -0.2) is 33.3 Å². The lowest BCUT2D eigenvalue weighted by atomic mass is 10.2. The van der Waals surface area contributed by atoms with Crippen LogP contribution in [0.1, 0.15) is 18.9 Å². The first-order chi connectivity index (χ1) is 9.22. The van der Waals surface area contributed by atoms with Gasteiger partial charge in [0.25, 0.3) is 0 Å². The van der Waals surface area contributed by atoms with Gasteiger partial charge < -0.3 is 19.5 Å². The SMILES string of the molecule is CCNCc1cccc(OC)c1OCCC(=O)OC. The molecule has 1 aromatic rings. The average Bonchev–Trinajstić information content (AvgIpc) is 2.45. The van der Waals surface area contributed by atoms with Crippen LogP contribution in [0.5, 0.6) is 11.5 Å². The molecule has 0 aliphatic carbocycles. The van der Waals surface area contributed by atoms with E-state index in [1.54, 1.807) is 7.11 Å². The Labute approximate surface area is 113 Å². The van der Waals surface area contributed by atoms with Crippen molar-refractivity contribution in [2.45, 2.75) is 19.9 Å². The summed E-state index contributed by atoms with van der Waals surface area (Å²) in [5.74, 6) is 1.05. The van der Waals surface area contributed by atoms with Crippen LogP contribution in [-0.2, 0) is 16.1 Å². The first-order valence-electron chi connectivity index (χ1n) is 6.29. The zero-order valence-electron chi connectivity index (χ0n) is 11.7. The monoisotopic (exact) mass is 267 g/mol. The van der Waals surface area contributed by atoms with Crippen LogP contribution in [0.2, 0.25) is 0 Å². The van der Waals surface area contributed by atoms with Crippen LogP contribution in [0.15, 0.2) is 18.2 Å². The Hall–Kier alpha value is -1.75. The number of ether oxygens (including phenoxy) is 3. The van der Waals surface area contributed by atoms with Crippen molar-refractivity contribution >= 4 is 5.97 Å².